The maximum absolute atomic E-state index is 12.3. The summed E-state index contributed by atoms with van der Waals surface area (Å²) < 4.78 is 0. The topological polar surface area (TPSA) is 46.3 Å². The maximum atomic E-state index is 12.3. The van der Waals surface area contributed by atoms with E-state index < -0.39 is 0 Å². The Morgan fingerprint density at radius 2 is 1.44 bits per heavy atom. The molecule has 0 aromatic carbocycles. The van der Waals surface area contributed by atoms with E-state index in [4.69, 9.17) is 5.73 Å². The van der Waals surface area contributed by atoms with Crippen molar-refractivity contribution in [2.75, 3.05) is 13.1 Å². The molecule has 0 rings (SSSR count). The molecule has 1 amide bonds. The minimum Gasteiger partial charge on any atom is -0.341 e. The van der Waals surface area contributed by atoms with Crippen LogP contribution in [0.4, 0.5) is 0 Å². The molecule has 18 heavy (non-hydrogen) atoms. The lowest BCUT2D eigenvalue weighted by atomic mass is 10.1. The summed E-state index contributed by atoms with van der Waals surface area (Å²) in [5.41, 5.74) is 5.95. The van der Waals surface area contributed by atoms with E-state index in [1.165, 1.54) is 0 Å². The number of nitrogens with zero attached hydrogens (tertiary/aromatic N) is 1. The molecule has 1 atom stereocenters. The van der Waals surface area contributed by atoms with E-state index in [1.807, 2.05) is 4.90 Å². The quantitative estimate of drug-likeness (QED) is 0.689. The normalized spacial score (nSPS) is 13.1. The Kier molecular flexibility index (Phi) is 9.08. The molecular weight excluding hydrogens is 224 g/mol. The van der Waals surface area contributed by atoms with Gasteiger partial charge in [-0.3, -0.25) is 4.79 Å². The van der Waals surface area contributed by atoms with Crippen molar-refractivity contribution in [1.82, 2.24) is 4.90 Å². The fourth-order valence-electron chi connectivity index (χ4n) is 1.83. The Labute approximate surface area is 113 Å². The zero-order valence-corrected chi connectivity index (χ0v) is 12.9. The molecule has 0 saturated carbocycles. The van der Waals surface area contributed by atoms with Gasteiger partial charge in [-0.1, -0.05) is 41.0 Å². The molecule has 0 bridgehead atoms. The van der Waals surface area contributed by atoms with Gasteiger partial charge >= 0.3 is 0 Å². The van der Waals surface area contributed by atoms with Gasteiger partial charge < -0.3 is 10.6 Å². The predicted octanol–water partition coefficient (Wildman–Crippen LogP) is 3.03. The third-order valence-electron chi connectivity index (χ3n) is 3.18. The standard InChI is InChI=1S/C15H32N2O/c1-6-7-14(16)15(18)17(10-8-12(2)3)11-9-13(4)5/h12-14H,6-11,16H2,1-5H3/t14-/m0/s1. The highest BCUT2D eigenvalue weighted by molar-refractivity contribution is 5.81. The molecule has 2 N–H and O–H groups in total. The summed E-state index contributed by atoms with van der Waals surface area (Å²) in [5.74, 6) is 1.39. The van der Waals surface area contributed by atoms with Gasteiger partial charge in [-0.05, 0) is 31.1 Å². The zero-order chi connectivity index (χ0) is 14.1. The summed E-state index contributed by atoms with van der Waals surface area (Å²) in [4.78, 5) is 14.2. The Morgan fingerprint density at radius 3 is 1.78 bits per heavy atom. The molecule has 108 valence electrons. The second-order valence-corrected chi connectivity index (χ2v) is 6.09. The minimum atomic E-state index is -0.311. The highest BCUT2D eigenvalue weighted by atomic mass is 16.2. The van der Waals surface area contributed by atoms with Crippen molar-refractivity contribution >= 4 is 5.91 Å². The second kappa shape index (κ2) is 9.37. The zero-order valence-electron chi connectivity index (χ0n) is 12.9. The van der Waals surface area contributed by atoms with Crippen molar-refractivity contribution in [3.05, 3.63) is 0 Å². The molecule has 0 saturated heterocycles. The number of carbonyl (C=O) groups excluding carboxylic acids is 1. The van der Waals surface area contributed by atoms with Crippen LogP contribution in [0.3, 0.4) is 0 Å². The number of amides is 1. The molecule has 0 aliphatic heterocycles. The number of rotatable bonds is 9. The monoisotopic (exact) mass is 256 g/mol. The molecule has 0 heterocycles. The van der Waals surface area contributed by atoms with Crippen molar-refractivity contribution in [2.24, 2.45) is 17.6 Å². The van der Waals surface area contributed by atoms with Crippen LogP contribution in [0.2, 0.25) is 0 Å². The summed E-state index contributed by atoms with van der Waals surface area (Å²) in [6.07, 6.45) is 3.87. The summed E-state index contributed by atoms with van der Waals surface area (Å²) in [7, 11) is 0. The van der Waals surface area contributed by atoms with E-state index >= 15 is 0 Å². The highest BCUT2D eigenvalue weighted by Gasteiger charge is 2.20. The average Bonchev–Trinajstić information content (AvgIpc) is 2.28. The summed E-state index contributed by atoms with van der Waals surface area (Å²) in [6, 6.07) is -0.311. The maximum Gasteiger partial charge on any atom is 0.239 e. The van der Waals surface area contributed by atoms with Crippen LogP contribution in [0.1, 0.15) is 60.3 Å². The first-order valence-corrected chi connectivity index (χ1v) is 7.42. The average molecular weight is 256 g/mol. The van der Waals surface area contributed by atoms with Gasteiger partial charge in [-0.15, -0.1) is 0 Å². The summed E-state index contributed by atoms with van der Waals surface area (Å²) >= 11 is 0. The van der Waals surface area contributed by atoms with Gasteiger partial charge in [0, 0.05) is 13.1 Å². The van der Waals surface area contributed by atoms with Gasteiger partial charge in [0.15, 0.2) is 0 Å². The molecule has 0 unspecified atom stereocenters. The number of nitrogens with two attached hydrogens (primary N) is 1. The fourth-order valence-corrected chi connectivity index (χ4v) is 1.83. The Morgan fingerprint density at radius 1 is 1.00 bits per heavy atom. The van der Waals surface area contributed by atoms with Crippen LogP contribution in [0.15, 0.2) is 0 Å². The van der Waals surface area contributed by atoms with E-state index in [9.17, 15) is 4.79 Å². The SMILES string of the molecule is CCC[C@H](N)C(=O)N(CCC(C)C)CCC(C)C. The molecule has 0 radical (unpaired) electrons. The molecule has 3 nitrogen and oxygen atoms in total. The molecule has 3 heteroatoms. The number of hydrogen-bond donors (Lipinski definition) is 1. The van der Waals surface area contributed by atoms with Crippen LogP contribution in [-0.4, -0.2) is 29.9 Å². The highest BCUT2D eigenvalue weighted by Crippen LogP contribution is 2.09. The molecule has 0 aliphatic rings. The minimum absolute atomic E-state index is 0.137. The largest absolute Gasteiger partial charge is 0.341 e. The van der Waals surface area contributed by atoms with E-state index in [1.54, 1.807) is 0 Å². The van der Waals surface area contributed by atoms with Gasteiger partial charge in [-0.25, -0.2) is 0 Å². The van der Waals surface area contributed by atoms with Crippen LogP contribution >= 0.6 is 0 Å². The van der Waals surface area contributed by atoms with Crippen LogP contribution in [-0.2, 0) is 4.79 Å². The first-order chi connectivity index (χ1) is 8.38. The lowest BCUT2D eigenvalue weighted by molar-refractivity contribution is -0.133. The smallest absolute Gasteiger partial charge is 0.239 e. The fraction of sp³-hybridized carbons (Fsp3) is 0.933. The lowest BCUT2D eigenvalue weighted by Gasteiger charge is -2.27. The Bertz CT molecular complexity index is 215. The van der Waals surface area contributed by atoms with Crippen molar-refractivity contribution in [1.29, 1.82) is 0 Å². The predicted molar refractivity (Wildman–Crippen MR) is 78.4 cm³/mol. The van der Waals surface area contributed by atoms with Gasteiger partial charge in [0.25, 0.3) is 0 Å². The van der Waals surface area contributed by atoms with Gasteiger partial charge in [0.05, 0.1) is 6.04 Å². The van der Waals surface area contributed by atoms with Crippen LogP contribution in [0.25, 0.3) is 0 Å². The van der Waals surface area contributed by atoms with Gasteiger partial charge in [-0.2, -0.15) is 0 Å². The number of hydrogen-bond acceptors (Lipinski definition) is 2. The Balaban J connectivity index is 4.37. The van der Waals surface area contributed by atoms with Crippen molar-refractivity contribution < 1.29 is 4.79 Å². The first kappa shape index (κ1) is 17.4. The van der Waals surface area contributed by atoms with E-state index in [-0.39, 0.29) is 11.9 Å². The number of carbonyl (C=O) groups is 1. The van der Waals surface area contributed by atoms with Crippen LogP contribution < -0.4 is 5.73 Å². The molecule has 0 aromatic rings. The van der Waals surface area contributed by atoms with Crippen molar-refractivity contribution in [3.63, 3.8) is 0 Å². The third kappa shape index (κ3) is 7.70. The van der Waals surface area contributed by atoms with E-state index in [0.29, 0.717) is 11.8 Å². The van der Waals surface area contributed by atoms with E-state index in [2.05, 4.69) is 34.6 Å². The van der Waals surface area contributed by atoms with E-state index in [0.717, 1.165) is 38.8 Å². The Hall–Kier alpha value is -0.570. The van der Waals surface area contributed by atoms with Crippen molar-refractivity contribution in [2.45, 2.75) is 66.3 Å². The molecule has 0 spiro atoms. The van der Waals surface area contributed by atoms with Gasteiger partial charge in [0.2, 0.25) is 5.91 Å². The first-order valence-electron chi connectivity index (χ1n) is 7.42. The van der Waals surface area contributed by atoms with Crippen LogP contribution in [0, 0.1) is 11.8 Å². The van der Waals surface area contributed by atoms with Crippen molar-refractivity contribution in [3.8, 4) is 0 Å². The molecular formula is C15H32N2O. The summed E-state index contributed by atoms with van der Waals surface area (Å²) in [5, 5.41) is 0. The molecule has 0 aliphatic carbocycles. The van der Waals surface area contributed by atoms with Crippen LogP contribution in [0.5, 0.6) is 0 Å². The third-order valence-corrected chi connectivity index (χ3v) is 3.18. The second-order valence-electron chi connectivity index (χ2n) is 6.09. The molecule has 0 aromatic heterocycles. The summed E-state index contributed by atoms with van der Waals surface area (Å²) in [6.45, 7) is 12.5. The van der Waals surface area contributed by atoms with Gasteiger partial charge in [0.1, 0.15) is 0 Å². The lowest BCUT2D eigenvalue weighted by Crippen LogP contribution is -2.45. The molecule has 0 fully saturated rings.